The van der Waals surface area contributed by atoms with Crippen LogP contribution >= 0.6 is 0 Å². The van der Waals surface area contributed by atoms with E-state index in [-0.39, 0.29) is 5.82 Å². The number of hydrogen-bond donors (Lipinski definition) is 1. The number of benzene rings is 1. The molecule has 0 spiro atoms. The molecular formula is C13H16FN. The van der Waals surface area contributed by atoms with Gasteiger partial charge in [0.15, 0.2) is 0 Å². The van der Waals surface area contributed by atoms with Crippen LogP contribution in [-0.4, -0.2) is 12.6 Å². The Morgan fingerprint density at radius 1 is 1.27 bits per heavy atom. The molecule has 1 atom stereocenters. The van der Waals surface area contributed by atoms with E-state index in [0.29, 0.717) is 5.92 Å². The molecule has 1 saturated carbocycles. The standard InChI is InChI=1S/C13H16FN/c14-11-3-6-13-9(7-11)1-2-10(13)8-15-12-4-5-12/h3,6-7,10,12,15H,1-2,4-5,8H2. The fourth-order valence-corrected chi connectivity index (χ4v) is 2.48. The van der Waals surface area contributed by atoms with Crippen LogP contribution in [0.5, 0.6) is 0 Å². The lowest BCUT2D eigenvalue weighted by molar-refractivity contribution is 0.576. The second-order valence-electron chi connectivity index (χ2n) is 4.76. The molecule has 2 aliphatic carbocycles. The molecule has 0 saturated heterocycles. The summed E-state index contributed by atoms with van der Waals surface area (Å²) < 4.78 is 13.0. The van der Waals surface area contributed by atoms with Crippen LogP contribution < -0.4 is 5.32 Å². The smallest absolute Gasteiger partial charge is 0.123 e. The SMILES string of the molecule is Fc1ccc2c(c1)CCC2CNC1CC1. The van der Waals surface area contributed by atoms with E-state index in [4.69, 9.17) is 0 Å². The summed E-state index contributed by atoms with van der Waals surface area (Å²) in [5.74, 6) is 0.519. The van der Waals surface area contributed by atoms with Crippen LogP contribution in [0.2, 0.25) is 0 Å². The number of fused-ring (bicyclic) bond motifs is 1. The molecule has 0 amide bonds. The summed E-state index contributed by atoms with van der Waals surface area (Å²) in [6.45, 7) is 1.07. The van der Waals surface area contributed by atoms with E-state index in [1.165, 1.54) is 30.4 Å². The molecule has 1 nitrogen and oxygen atoms in total. The van der Waals surface area contributed by atoms with E-state index in [9.17, 15) is 4.39 Å². The third-order valence-electron chi connectivity index (χ3n) is 3.54. The first-order chi connectivity index (χ1) is 7.33. The van der Waals surface area contributed by atoms with Crippen molar-refractivity contribution in [2.24, 2.45) is 0 Å². The van der Waals surface area contributed by atoms with Crippen molar-refractivity contribution >= 4 is 0 Å². The largest absolute Gasteiger partial charge is 0.313 e. The minimum Gasteiger partial charge on any atom is -0.313 e. The van der Waals surface area contributed by atoms with E-state index in [1.807, 2.05) is 6.07 Å². The van der Waals surface area contributed by atoms with Gasteiger partial charge in [-0.2, -0.15) is 0 Å². The van der Waals surface area contributed by atoms with Gasteiger partial charge in [0, 0.05) is 12.6 Å². The van der Waals surface area contributed by atoms with Gasteiger partial charge >= 0.3 is 0 Å². The molecule has 1 N–H and O–H groups in total. The van der Waals surface area contributed by atoms with Crippen LogP contribution in [0.3, 0.4) is 0 Å². The summed E-state index contributed by atoms with van der Waals surface area (Å²) in [5.41, 5.74) is 2.59. The van der Waals surface area contributed by atoms with Crippen molar-refractivity contribution in [1.82, 2.24) is 5.32 Å². The maximum absolute atomic E-state index is 13.0. The summed E-state index contributed by atoms with van der Waals surface area (Å²) in [4.78, 5) is 0. The van der Waals surface area contributed by atoms with Crippen molar-refractivity contribution in [3.05, 3.63) is 35.1 Å². The first-order valence-electron chi connectivity index (χ1n) is 5.84. The molecule has 0 bridgehead atoms. The van der Waals surface area contributed by atoms with Crippen molar-refractivity contribution in [3.8, 4) is 0 Å². The van der Waals surface area contributed by atoms with Crippen LogP contribution in [0.1, 0.15) is 36.3 Å². The lowest BCUT2D eigenvalue weighted by atomic mass is 10.0. The summed E-state index contributed by atoms with van der Waals surface area (Å²) in [7, 11) is 0. The number of halogens is 1. The molecule has 2 aliphatic rings. The van der Waals surface area contributed by atoms with E-state index in [2.05, 4.69) is 5.32 Å². The fraction of sp³-hybridized carbons (Fsp3) is 0.538. The van der Waals surface area contributed by atoms with Gasteiger partial charge in [0.05, 0.1) is 0 Å². The Morgan fingerprint density at radius 2 is 2.13 bits per heavy atom. The minimum atomic E-state index is -0.0930. The van der Waals surface area contributed by atoms with Gasteiger partial charge in [0.1, 0.15) is 5.82 Å². The normalized spacial score (nSPS) is 24.2. The summed E-state index contributed by atoms with van der Waals surface area (Å²) >= 11 is 0. The van der Waals surface area contributed by atoms with Crippen LogP contribution in [0, 0.1) is 5.82 Å². The quantitative estimate of drug-likeness (QED) is 0.799. The van der Waals surface area contributed by atoms with Crippen LogP contribution in [0.15, 0.2) is 18.2 Å². The Balaban J connectivity index is 1.72. The summed E-state index contributed by atoms with van der Waals surface area (Å²) in [5, 5.41) is 3.56. The van der Waals surface area contributed by atoms with Gasteiger partial charge in [0.25, 0.3) is 0 Å². The maximum Gasteiger partial charge on any atom is 0.123 e. The summed E-state index contributed by atoms with van der Waals surface area (Å²) in [6.07, 6.45) is 4.90. The van der Waals surface area contributed by atoms with Gasteiger partial charge in [-0.15, -0.1) is 0 Å². The lowest BCUT2D eigenvalue weighted by Crippen LogP contribution is -2.22. The van der Waals surface area contributed by atoms with Crippen molar-refractivity contribution in [1.29, 1.82) is 0 Å². The molecular weight excluding hydrogens is 189 g/mol. The average molecular weight is 205 g/mol. The molecule has 0 aromatic heterocycles. The van der Waals surface area contributed by atoms with Crippen molar-refractivity contribution in [2.75, 3.05) is 6.54 Å². The van der Waals surface area contributed by atoms with E-state index < -0.39 is 0 Å². The highest BCUT2D eigenvalue weighted by molar-refractivity contribution is 5.35. The Hall–Kier alpha value is -0.890. The number of nitrogens with one attached hydrogen (secondary N) is 1. The molecule has 1 unspecified atom stereocenters. The van der Waals surface area contributed by atoms with Crippen molar-refractivity contribution in [2.45, 2.75) is 37.6 Å². The van der Waals surface area contributed by atoms with Gasteiger partial charge in [-0.3, -0.25) is 0 Å². The molecule has 1 aromatic carbocycles. The highest BCUT2D eigenvalue weighted by Crippen LogP contribution is 2.33. The fourth-order valence-electron chi connectivity index (χ4n) is 2.48. The second-order valence-corrected chi connectivity index (χ2v) is 4.76. The topological polar surface area (TPSA) is 12.0 Å². The number of aryl methyl sites for hydroxylation is 1. The monoisotopic (exact) mass is 205 g/mol. The van der Waals surface area contributed by atoms with Crippen LogP contribution in [-0.2, 0) is 6.42 Å². The maximum atomic E-state index is 13.0. The molecule has 15 heavy (non-hydrogen) atoms. The van der Waals surface area contributed by atoms with Crippen molar-refractivity contribution in [3.63, 3.8) is 0 Å². The molecule has 1 aromatic rings. The first-order valence-corrected chi connectivity index (χ1v) is 5.84. The van der Waals surface area contributed by atoms with E-state index >= 15 is 0 Å². The molecule has 1 fully saturated rings. The highest BCUT2D eigenvalue weighted by atomic mass is 19.1. The molecule has 0 aliphatic heterocycles. The first kappa shape index (κ1) is 9.34. The van der Waals surface area contributed by atoms with E-state index in [0.717, 1.165) is 19.0 Å². The van der Waals surface area contributed by atoms with Gasteiger partial charge in [-0.05, 0) is 54.9 Å². The minimum absolute atomic E-state index is 0.0930. The lowest BCUT2D eigenvalue weighted by Gasteiger charge is -2.12. The number of rotatable bonds is 3. The zero-order chi connectivity index (χ0) is 10.3. The molecule has 0 radical (unpaired) electrons. The molecule has 3 rings (SSSR count). The Labute approximate surface area is 89.7 Å². The predicted octanol–water partition coefficient (Wildman–Crippen LogP) is 2.61. The Kier molecular flexibility index (Phi) is 2.24. The van der Waals surface area contributed by atoms with E-state index in [1.54, 1.807) is 12.1 Å². The molecule has 80 valence electrons. The Morgan fingerprint density at radius 3 is 2.93 bits per heavy atom. The van der Waals surface area contributed by atoms with Gasteiger partial charge < -0.3 is 5.32 Å². The number of hydrogen-bond acceptors (Lipinski definition) is 1. The summed E-state index contributed by atoms with van der Waals surface area (Å²) in [6, 6.07) is 6.03. The Bertz CT molecular complexity index is 371. The highest BCUT2D eigenvalue weighted by Gasteiger charge is 2.26. The third kappa shape index (κ3) is 1.91. The van der Waals surface area contributed by atoms with Crippen LogP contribution in [0.4, 0.5) is 4.39 Å². The zero-order valence-electron chi connectivity index (χ0n) is 8.80. The van der Waals surface area contributed by atoms with Crippen LogP contribution in [0.25, 0.3) is 0 Å². The predicted molar refractivity (Wildman–Crippen MR) is 58.5 cm³/mol. The molecule has 0 heterocycles. The third-order valence-corrected chi connectivity index (χ3v) is 3.54. The average Bonchev–Trinajstić information content (AvgIpc) is 2.97. The van der Waals surface area contributed by atoms with Crippen molar-refractivity contribution < 1.29 is 4.39 Å². The zero-order valence-corrected chi connectivity index (χ0v) is 8.80. The second kappa shape index (κ2) is 3.60. The molecule has 2 heteroatoms. The van der Waals surface area contributed by atoms with Gasteiger partial charge in [-0.25, -0.2) is 4.39 Å². The van der Waals surface area contributed by atoms with Gasteiger partial charge in [-0.1, -0.05) is 6.07 Å². The van der Waals surface area contributed by atoms with Gasteiger partial charge in [0.2, 0.25) is 0 Å².